The Balaban J connectivity index is 1.95. The third-order valence-electron chi connectivity index (χ3n) is 3.46. The van der Waals surface area contributed by atoms with E-state index in [0.717, 1.165) is 24.3 Å². The van der Waals surface area contributed by atoms with Gasteiger partial charge in [0.1, 0.15) is 0 Å². The van der Waals surface area contributed by atoms with E-state index in [-0.39, 0.29) is 12.5 Å². The molecule has 0 aromatic carbocycles. The zero-order valence-corrected chi connectivity index (χ0v) is 12.5. The summed E-state index contributed by atoms with van der Waals surface area (Å²) in [5.74, 6) is -0.734. The van der Waals surface area contributed by atoms with Crippen LogP contribution in [-0.2, 0) is 11.2 Å². The quantitative estimate of drug-likeness (QED) is 0.915. The van der Waals surface area contributed by atoms with Crippen molar-refractivity contribution < 1.29 is 14.7 Å². The van der Waals surface area contributed by atoms with Gasteiger partial charge in [-0.05, 0) is 25.0 Å². The minimum absolute atomic E-state index is 0.0566. The number of hydrogen-bond donors (Lipinski definition) is 1. The molecule has 2 heterocycles. The number of amides is 1. The highest BCUT2D eigenvalue weighted by atomic mass is 32.1. The van der Waals surface area contributed by atoms with E-state index in [9.17, 15) is 9.59 Å². The maximum Gasteiger partial charge on any atom is 0.317 e. The lowest BCUT2D eigenvalue weighted by atomic mass is 10.3. The predicted octanol–water partition coefficient (Wildman–Crippen LogP) is 1.54. The van der Waals surface area contributed by atoms with Crippen LogP contribution in [0, 0.1) is 0 Å². The summed E-state index contributed by atoms with van der Waals surface area (Å²) in [7, 11) is 0. The first-order valence-corrected chi connectivity index (χ1v) is 7.74. The van der Waals surface area contributed by atoms with Gasteiger partial charge in [-0.2, -0.15) is 0 Å². The fourth-order valence-corrected chi connectivity index (χ4v) is 3.28. The molecule has 5 nitrogen and oxygen atoms in total. The zero-order chi connectivity index (χ0) is 14.5. The summed E-state index contributed by atoms with van der Waals surface area (Å²) in [6.45, 7) is 4.81. The Bertz CT molecular complexity index is 487. The molecule has 0 spiro atoms. The molecule has 1 amide bonds. The molecule has 1 aromatic heterocycles. The van der Waals surface area contributed by atoms with Crippen LogP contribution in [-0.4, -0.2) is 59.5 Å². The Kier molecular flexibility index (Phi) is 5.14. The van der Waals surface area contributed by atoms with Crippen LogP contribution in [0.25, 0.3) is 0 Å². The average Bonchev–Trinajstić information content (AvgIpc) is 2.78. The van der Waals surface area contributed by atoms with Gasteiger partial charge in [-0.15, -0.1) is 11.3 Å². The number of aryl methyl sites for hydroxylation is 1. The highest BCUT2D eigenvalue weighted by molar-refractivity contribution is 7.14. The van der Waals surface area contributed by atoms with Gasteiger partial charge in [0.25, 0.3) is 5.91 Å². The molecular weight excluding hydrogens is 276 g/mol. The lowest BCUT2D eigenvalue weighted by Crippen LogP contribution is -2.36. The van der Waals surface area contributed by atoms with Gasteiger partial charge in [0, 0.05) is 31.1 Å². The van der Waals surface area contributed by atoms with Crippen molar-refractivity contribution in [2.75, 3.05) is 32.7 Å². The summed E-state index contributed by atoms with van der Waals surface area (Å²) in [4.78, 5) is 28.9. The Morgan fingerprint density at radius 2 is 2.05 bits per heavy atom. The number of rotatable bonds is 4. The Labute approximate surface area is 122 Å². The summed E-state index contributed by atoms with van der Waals surface area (Å²) in [5, 5.41) is 8.82. The molecule has 1 fully saturated rings. The van der Waals surface area contributed by atoms with Crippen molar-refractivity contribution in [1.29, 1.82) is 0 Å². The standard InChI is InChI=1S/C14H20N2O3S/c1-2-11-4-5-12(20-11)14(19)16-7-3-6-15(8-9-16)10-13(17)18/h4-5H,2-3,6-10H2,1H3,(H,17,18). The van der Waals surface area contributed by atoms with Crippen molar-refractivity contribution in [3.63, 3.8) is 0 Å². The molecule has 0 atom stereocenters. The largest absolute Gasteiger partial charge is 0.480 e. The Morgan fingerprint density at radius 3 is 2.70 bits per heavy atom. The molecule has 1 aliphatic heterocycles. The van der Waals surface area contributed by atoms with Crippen LogP contribution in [0.5, 0.6) is 0 Å². The maximum atomic E-state index is 12.4. The summed E-state index contributed by atoms with van der Waals surface area (Å²) < 4.78 is 0. The number of hydrogen-bond acceptors (Lipinski definition) is 4. The highest BCUT2D eigenvalue weighted by Gasteiger charge is 2.22. The van der Waals surface area contributed by atoms with Crippen molar-refractivity contribution in [2.45, 2.75) is 19.8 Å². The number of nitrogens with zero attached hydrogens (tertiary/aromatic N) is 2. The van der Waals surface area contributed by atoms with E-state index in [1.165, 1.54) is 4.88 Å². The molecule has 0 unspecified atom stereocenters. The second kappa shape index (κ2) is 6.85. The van der Waals surface area contributed by atoms with Crippen LogP contribution in [0.15, 0.2) is 12.1 Å². The monoisotopic (exact) mass is 296 g/mol. The van der Waals surface area contributed by atoms with Crippen molar-refractivity contribution in [2.24, 2.45) is 0 Å². The number of aliphatic carboxylic acids is 1. The Hall–Kier alpha value is -1.40. The van der Waals surface area contributed by atoms with Crippen LogP contribution in [0.1, 0.15) is 27.9 Å². The van der Waals surface area contributed by atoms with Gasteiger partial charge in [-0.3, -0.25) is 14.5 Å². The SMILES string of the molecule is CCc1ccc(C(=O)N2CCCN(CC(=O)O)CC2)s1. The molecule has 2 rings (SSSR count). The first-order valence-electron chi connectivity index (χ1n) is 6.92. The third kappa shape index (κ3) is 3.80. The number of carboxylic acids is 1. The van der Waals surface area contributed by atoms with Crippen LogP contribution in [0.4, 0.5) is 0 Å². The molecule has 0 aliphatic carbocycles. The molecule has 1 saturated heterocycles. The molecule has 1 N–H and O–H groups in total. The van der Waals surface area contributed by atoms with Gasteiger partial charge >= 0.3 is 5.97 Å². The van der Waals surface area contributed by atoms with Crippen molar-refractivity contribution >= 4 is 23.2 Å². The zero-order valence-electron chi connectivity index (χ0n) is 11.7. The number of carboxylic acid groups (broad SMARTS) is 1. The van der Waals surface area contributed by atoms with Gasteiger partial charge in [-0.1, -0.05) is 6.92 Å². The maximum absolute atomic E-state index is 12.4. The van der Waals surface area contributed by atoms with E-state index < -0.39 is 5.97 Å². The smallest absolute Gasteiger partial charge is 0.317 e. The van der Waals surface area contributed by atoms with Gasteiger partial charge in [0.15, 0.2) is 0 Å². The highest BCUT2D eigenvalue weighted by Crippen LogP contribution is 2.19. The van der Waals surface area contributed by atoms with Gasteiger partial charge in [0.2, 0.25) is 0 Å². The number of carbonyl (C=O) groups excluding carboxylic acids is 1. The van der Waals surface area contributed by atoms with Crippen molar-refractivity contribution in [3.8, 4) is 0 Å². The van der Waals surface area contributed by atoms with E-state index in [1.807, 2.05) is 21.9 Å². The van der Waals surface area contributed by atoms with Gasteiger partial charge in [0.05, 0.1) is 11.4 Å². The predicted molar refractivity (Wildman–Crippen MR) is 78.3 cm³/mol. The van der Waals surface area contributed by atoms with Crippen molar-refractivity contribution in [3.05, 3.63) is 21.9 Å². The van der Waals surface area contributed by atoms with Crippen LogP contribution < -0.4 is 0 Å². The summed E-state index contributed by atoms with van der Waals surface area (Å²) in [5.41, 5.74) is 0. The lowest BCUT2D eigenvalue weighted by Gasteiger charge is -2.20. The van der Waals surface area contributed by atoms with Crippen LogP contribution in [0.3, 0.4) is 0 Å². The van der Waals surface area contributed by atoms with Gasteiger partial charge in [-0.25, -0.2) is 0 Å². The Morgan fingerprint density at radius 1 is 1.25 bits per heavy atom. The molecule has 0 radical (unpaired) electrons. The summed E-state index contributed by atoms with van der Waals surface area (Å²) in [6.07, 6.45) is 1.77. The molecule has 6 heteroatoms. The third-order valence-corrected chi connectivity index (χ3v) is 4.67. The van der Waals surface area contributed by atoms with E-state index in [0.29, 0.717) is 19.6 Å². The molecule has 1 aromatic rings. The first-order chi connectivity index (χ1) is 9.60. The fourth-order valence-electron chi connectivity index (χ4n) is 2.36. The van der Waals surface area contributed by atoms with Gasteiger partial charge < -0.3 is 10.0 Å². The van der Waals surface area contributed by atoms with E-state index in [2.05, 4.69) is 6.92 Å². The molecule has 0 saturated carbocycles. The minimum Gasteiger partial charge on any atom is -0.480 e. The van der Waals surface area contributed by atoms with Crippen molar-refractivity contribution in [1.82, 2.24) is 9.80 Å². The second-order valence-corrected chi connectivity index (χ2v) is 6.10. The van der Waals surface area contributed by atoms with Crippen LogP contribution >= 0.6 is 11.3 Å². The normalized spacial score (nSPS) is 16.9. The first kappa shape index (κ1) is 15.0. The molecule has 20 heavy (non-hydrogen) atoms. The lowest BCUT2D eigenvalue weighted by molar-refractivity contribution is -0.138. The fraction of sp³-hybridized carbons (Fsp3) is 0.571. The summed E-state index contributed by atoms with van der Waals surface area (Å²) in [6, 6.07) is 3.90. The minimum atomic E-state index is -0.810. The second-order valence-electron chi connectivity index (χ2n) is 4.94. The van der Waals surface area contributed by atoms with E-state index in [4.69, 9.17) is 5.11 Å². The molecule has 110 valence electrons. The molecular formula is C14H20N2O3S. The van der Waals surface area contributed by atoms with E-state index in [1.54, 1.807) is 11.3 Å². The van der Waals surface area contributed by atoms with E-state index >= 15 is 0 Å². The number of thiophene rings is 1. The molecule has 0 bridgehead atoms. The average molecular weight is 296 g/mol. The number of carbonyl (C=O) groups is 2. The molecule has 1 aliphatic rings. The summed E-state index contributed by atoms with van der Waals surface area (Å²) >= 11 is 1.55. The topological polar surface area (TPSA) is 60.9 Å². The van der Waals surface area contributed by atoms with Crippen LogP contribution in [0.2, 0.25) is 0 Å².